The van der Waals surface area contributed by atoms with E-state index in [1.165, 1.54) is 12.4 Å². The average molecular weight is 263 g/mol. The molecule has 7 heteroatoms. The lowest BCUT2D eigenvalue weighted by molar-refractivity contribution is 0.101. The monoisotopic (exact) mass is 263 g/mol. The Morgan fingerprint density at radius 1 is 1.32 bits per heavy atom. The van der Waals surface area contributed by atoms with E-state index in [-0.39, 0.29) is 22.0 Å². The number of nitrogens with zero attached hydrogens (tertiary/aromatic N) is 4. The van der Waals surface area contributed by atoms with E-state index in [4.69, 9.17) is 0 Å². The normalized spacial score (nSPS) is 11.4. The predicted molar refractivity (Wildman–Crippen MR) is 67.4 cm³/mol. The molecule has 0 aromatic carbocycles. The number of halogens is 1. The molecule has 19 heavy (non-hydrogen) atoms. The topological polar surface area (TPSA) is 72.7 Å². The van der Waals surface area contributed by atoms with E-state index in [0.29, 0.717) is 0 Å². The fourth-order valence-electron chi connectivity index (χ4n) is 1.42. The zero-order valence-corrected chi connectivity index (χ0v) is 10.9. The summed E-state index contributed by atoms with van der Waals surface area (Å²) in [6, 6.07) is 1.74. The first-order chi connectivity index (χ1) is 8.88. The molecule has 2 rings (SSSR count). The van der Waals surface area contributed by atoms with E-state index in [2.05, 4.69) is 20.3 Å². The van der Waals surface area contributed by atoms with Crippen molar-refractivity contribution in [2.24, 2.45) is 0 Å². The molecular formula is C12H14FN5O. The van der Waals surface area contributed by atoms with Crippen molar-refractivity contribution in [2.45, 2.75) is 26.2 Å². The number of aromatic nitrogens is 4. The molecule has 100 valence electrons. The largest absolute Gasteiger partial charge is 0.295 e. The number of rotatable bonds is 2. The van der Waals surface area contributed by atoms with Crippen LogP contribution in [0.3, 0.4) is 0 Å². The van der Waals surface area contributed by atoms with Crippen LogP contribution < -0.4 is 5.32 Å². The molecule has 0 aliphatic carbocycles. The Labute approximate surface area is 109 Å². The smallest absolute Gasteiger partial charge is 0.287 e. The van der Waals surface area contributed by atoms with Crippen LogP contribution in [0.2, 0.25) is 0 Å². The van der Waals surface area contributed by atoms with E-state index >= 15 is 0 Å². The summed E-state index contributed by atoms with van der Waals surface area (Å²) in [6.45, 7) is 5.93. The molecule has 0 saturated carbocycles. The van der Waals surface area contributed by atoms with Gasteiger partial charge < -0.3 is 0 Å². The van der Waals surface area contributed by atoms with Gasteiger partial charge in [0.05, 0.1) is 12.4 Å². The van der Waals surface area contributed by atoms with Crippen LogP contribution in [0.25, 0.3) is 0 Å². The van der Waals surface area contributed by atoms with Crippen LogP contribution >= 0.6 is 0 Å². The van der Waals surface area contributed by atoms with E-state index in [1.54, 1.807) is 6.07 Å². The minimum absolute atomic E-state index is 0.0181. The van der Waals surface area contributed by atoms with Gasteiger partial charge in [-0.3, -0.25) is 10.1 Å². The number of anilines is 1. The van der Waals surface area contributed by atoms with Gasteiger partial charge in [0, 0.05) is 17.3 Å². The van der Waals surface area contributed by atoms with Gasteiger partial charge in [0.1, 0.15) is 0 Å². The van der Waals surface area contributed by atoms with E-state index in [0.717, 1.165) is 11.9 Å². The lowest BCUT2D eigenvalue weighted by Gasteiger charge is -2.17. The van der Waals surface area contributed by atoms with Gasteiger partial charge in [-0.25, -0.2) is 15.0 Å². The van der Waals surface area contributed by atoms with Crippen LogP contribution in [0.1, 0.15) is 37.1 Å². The summed E-state index contributed by atoms with van der Waals surface area (Å²) in [7, 11) is 0. The van der Waals surface area contributed by atoms with Crippen LogP contribution in [0.4, 0.5) is 10.4 Å². The van der Waals surface area contributed by atoms with E-state index in [1.807, 2.05) is 20.8 Å². The number of imidazole rings is 1. The van der Waals surface area contributed by atoms with Gasteiger partial charge in [-0.15, -0.1) is 0 Å². The summed E-state index contributed by atoms with van der Waals surface area (Å²) in [4.78, 5) is 23.8. The van der Waals surface area contributed by atoms with Crippen LogP contribution in [-0.4, -0.2) is 25.6 Å². The van der Waals surface area contributed by atoms with Crippen LogP contribution in [-0.2, 0) is 5.41 Å². The van der Waals surface area contributed by atoms with E-state index in [9.17, 15) is 9.28 Å². The predicted octanol–water partition coefficient (Wildman–Crippen LogP) is 1.96. The van der Waals surface area contributed by atoms with Gasteiger partial charge in [0.2, 0.25) is 11.8 Å². The second kappa shape index (κ2) is 4.75. The first-order valence-corrected chi connectivity index (χ1v) is 5.72. The minimum atomic E-state index is -0.601. The third kappa shape index (κ3) is 2.93. The minimum Gasteiger partial charge on any atom is -0.287 e. The molecule has 0 fully saturated rings. The standard InChI is InChI=1S/C12H14FN5O/c1-12(2,3)8-4-5-14-9(16-8)10(19)17-11-15-6-7-18(11)13/h4-7H,1-3H3,(H,15,17,19). The summed E-state index contributed by atoms with van der Waals surface area (Å²) in [5.41, 5.74) is 0.535. The SMILES string of the molecule is CC(C)(C)c1ccnc(C(=O)Nc2nccn2F)n1. The lowest BCUT2D eigenvalue weighted by Crippen LogP contribution is -2.21. The molecule has 1 N–H and O–H groups in total. The first kappa shape index (κ1) is 13.1. The Kier molecular flexibility index (Phi) is 3.28. The van der Waals surface area contributed by atoms with Crippen LogP contribution in [0.5, 0.6) is 0 Å². The number of hydrogen-bond donors (Lipinski definition) is 1. The van der Waals surface area contributed by atoms with Gasteiger partial charge in [-0.1, -0.05) is 25.3 Å². The van der Waals surface area contributed by atoms with Crippen molar-refractivity contribution in [3.63, 3.8) is 0 Å². The van der Waals surface area contributed by atoms with Crippen molar-refractivity contribution in [1.82, 2.24) is 19.7 Å². The Hall–Kier alpha value is -2.31. The van der Waals surface area contributed by atoms with Crippen molar-refractivity contribution < 1.29 is 9.28 Å². The summed E-state index contributed by atoms with van der Waals surface area (Å²) in [6.07, 6.45) is 3.83. The third-order valence-electron chi connectivity index (χ3n) is 2.45. The number of amides is 1. The van der Waals surface area contributed by atoms with Crippen molar-refractivity contribution >= 4 is 11.9 Å². The molecule has 2 heterocycles. The Morgan fingerprint density at radius 3 is 2.63 bits per heavy atom. The van der Waals surface area contributed by atoms with Gasteiger partial charge >= 0.3 is 0 Å². The number of carbonyl (C=O) groups is 1. The summed E-state index contributed by atoms with van der Waals surface area (Å²) in [5, 5.41) is 2.30. The number of hydrogen-bond acceptors (Lipinski definition) is 4. The number of carbonyl (C=O) groups excluding carboxylic acids is 1. The summed E-state index contributed by atoms with van der Waals surface area (Å²) >= 11 is 0. The fraction of sp³-hybridized carbons (Fsp3) is 0.333. The molecule has 6 nitrogen and oxygen atoms in total. The maximum atomic E-state index is 13.1. The molecule has 0 aliphatic heterocycles. The maximum absolute atomic E-state index is 13.1. The Balaban J connectivity index is 2.23. The zero-order valence-electron chi connectivity index (χ0n) is 10.9. The molecule has 0 atom stereocenters. The summed E-state index contributed by atoms with van der Waals surface area (Å²) < 4.78 is 13.1. The molecule has 0 aliphatic rings. The highest BCUT2D eigenvalue weighted by molar-refractivity contribution is 6.00. The molecule has 0 saturated heterocycles. The first-order valence-electron chi connectivity index (χ1n) is 5.72. The quantitative estimate of drug-likeness (QED) is 0.898. The second-order valence-electron chi connectivity index (χ2n) is 5.03. The van der Waals surface area contributed by atoms with Gasteiger partial charge in [0.25, 0.3) is 5.91 Å². The molecule has 0 unspecified atom stereocenters. The van der Waals surface area contributed by atoms with Crippen LogP contribution in [0, 0.1) is 0 Å². The fourth-order valence-corrected chi connectivity index (χ4v) is 1.42. The highest BCUT2D eigenvalue weighted by Gasteiger charge is 2.19. The molecule has 0 bridgehead atoms. The molecule has 2 aromatic rings. The average Bonchev–Trinajstić information content (AvgIpc) is 2.74. The Bertz CT molecular complexity index is 602. The zero-order chi connectivity index (χ0) is 14.0. The highest BCUT2D eigenvalue weighted by atomic mass is 19.2. The highest BCUT2D eigenvalue weighted by Crippen LogP contribution is 2.19. The molecular weight excluding hydrogens is 249 g/mol. The Morgan fingerprint density at radius 2 is 2.05 bits per heavy atom. The molecule has 1 amide bonds. The number of nitrogens with one attached hydrogen (secondary N) is 1. The summed E-state index contributed by atoms with van der Waals surface area (Å²) in [5.74, 6) is -0.818. The van der Waals surface area contributed by atoms with Gasteiger partial charge in [-0.05, 0) is 6.07 Å². The molecule has 0 radical (unpaired) electrons. The molecule has 2 aromatic heterocycles. The van der Waals surface area contributed by atoms with Gasteiger partial charge in [-0.2, -0.15) is 4.79 Å². The second-order valence-corrected chi connectivity index (χ2v) is 5.03. The van der Waals surface area contributed by atoms with Crippen molar-refractivity contribution in [3.05, 3.63) is 36.2 Å². The van der Waals surface area contributed by atoms with Crippen LogP contribution in [0.15, 0.2) is 24.7 Å². The van der Waals surface area contributed by atoms with Crippen molar-refractivity contribution in [1.29, 1.82) is 0 Å². The van der Waals surface area contributed by atoms with Crippen molar-refractivity contribution in [2.75, 3.05) is 5.32 Å². The van der Waals surface area contributed by atoms with E-state index < -0.39 is 5.91 Å². The van der Waals surface area contributed by atoms with Gasteiger partial charge in [0.15, 0.2) is 0 Å². The third-order valence-corrected chi connectivity index (χ3v) is 2.45. The molecule has 0 spiro atoms. The maximum Gasteiger partial charge on any atom is 0.295 e. The lowest BCUT2D eigenvalue weighted by atomic mass is 9.92. The van der Waals surface area contributed by atoms with Crippen molar-refractivity contribution in [3.8, 4) is 0 Å².